The topological polar surface area (TPSA) is 34.1 Å². The molecule has 0 N–H and O–H groups in total. The predicted molar refractivity (Wildman–Crippen MR) is 58.6 cm³/mol. The van der Waals surface area contributed by atoms with Crippen LogP contribution in [0.2, 0.25) is 0 Å². The highest BCUT2D eigenvalue weighted by Crippen LogP contribution is 2.48. The van der Waals surface area contributed by atoms with E-state index in [2.05, 4.69) is 23.9 Å². The number of hydrogen-bond donors (Lipinski definition) is 0. The lowest BCUT2D eigenvalue weighted by Crippen LogP contribution is -2.31. The van der Waals surface area contributed by atoms with Gasteiger partial charge >= 0.3 is 0 Å². The Hall–Kier alpha value is -1.71. The van der Waals surface area contributed by atoms with E-state index in [1.165, 1.54) is 0 Å². The first kappa shape index (κ1) is 8.59. The zero-order chi connectivity index (χ0) is 10.4. The number of aliphatic imine (C=N–C) groups is 1. The molecule has 78 valence electrons. The van der Waals surface area contributed by atoms with Gasteiger partial charge in [-0.1, -0.05) is 0 Å². The van der Waals surface area contributed by atoms with Gasteiger partial charge in [0, 0.05) is 13.3 Å². The lowest BCUT2D eigenvalue weighted by Gasteiger charge is -2.29. The molecular formula is C11H12N2O2. The number of ether oxygens (including phenoxy) is 2. The molecule has 0 spiro atoms. The van der Waals surface area contributed by atoms with E-state index in [1.807, 2.05) is 18.3 Å². The van der Waals surface area contributed by atoms with Gasteiger partial charge in [0.1, 0.15) is 5.69 Å². The highest BCUT2D eigenvalue weighted by molar-refractivity contribution is 5.88. The SMILES string of the molecule is CC1C=Nc2c(ccc3c2OCO3)N1C. The van der Waals surface area contributed by atoms with E-state index in [0.717, 1.165) is 22.9 Å². The fraction of sp³-hybridized carbons (Fsp3) is 0.364. The number of anilines is 1. The fourth-order valence-corrected chi connectivity index (χ4v) is 1.86. The van der Waals surface area contributed by atoms with E-state index >= 15 is 0 Å². The molecule has 1 aromatic rings. The van der Waals surface area contributed by atoms with Gasteiger partial charge in [-0.2, -0.15) is 0 Å². The van der Waals surface area contributed by atoms with E-state index in [1.54, 1.807) is 0 Å². The summed E-state index contributed by atoms with van der Waals surface area (Å²) in [6, 6.07) is 4.28. The van der Waals surface area contributed by atoms with Gasteiger partial charge in [-0.25, -0.2) is 0 Å². The van der Waals surface area contributed by atoms with Crippen LogP contribution in [0.15, 0.2) is 17.1 Å². The Kier molecular flexibility index (Phi) is 1.65. The molecule has 1 aromatic carbocycles. The van der Waals surface area contributed by atoms with Gasteiger partial charge in [0.05, 0.1) is 11.7 Å². The fourth-order valence-electron chi connectivity index (χ4n) is 1.86. The van der Waals surface area contributed by atoms with Crippen molar-refractivity contribution >= 4 is 17.6 Å². The van der Waals surface area contributed by atoms with E-state index in [9.17, 15) is 0 Å². The normalized spacial score (nSPS) is 21.7. The molecule has 4 nitrogen and oxygen atoms in total. The van der Waals surface area contributed by atoms with Gasteiger partial charge in [-0.3, -0.25) is 4.99 Å². The Morgan fingerprint density at radius 3 is 3.13 bits per heavy atom. The Morgan fingerprint density at radius 2 is 2.27 bits per heavy atom. The zero-order valence-corrected chi connectivity index (χ0v) is 8.73. The molecular weight excluding hydrogens is 192 g/mol. The Labute approximate surface area is 88.1 Å². The monoisotopic (exact) mass is 204 g/mol. The van der Waals surface area contributed by atoms with Gasteiger partial charge in [0.25, 0.3) is 0 Å². The van der Waals surface area contributed by atoms with Crippen molar-refractivity contribution in [2.45, 2.75) is 13.0 Å². The molecule has 2 heterocycles. The summed E-state index contributed by atoms with van der Waals surface area (Å²) >= 11 is 0. The summed E-state index contributed by atoms with van der Waals surface area (Å²) in [6.07, 6.45) is 1.92. The molecule has 0 bridgehead atoms. The third-order valence-corrected chi connectivity index (χ3v) is 2.90. The van der Waals surface area contributed by atoms with E-state index in [-0.39, 0.29) is 0 Å². The third-order valence-electron chi connectivity index (χ3n) is 2.90. The van der Waals surface area contributed by atoms with E-state index in [4.69, 9.17) is 9.47 Å². The van der Waals surface area contributed by atoms with Crippen LogP contribution in [0.3, 0.4) is 0 Å². The second kappa shape index (κ2) is 2.89. The average molecular weight is 204 g/mol. The summed E-state index contributed by atoms with van der Waals surface area (Å²) in [4.78, 5) is 6.60. The molecule has 2 aliphatic rings. The minimum absolute atomic E-state index is 0.292. The van der Waals surface area contributed by atoms with Crippen molar-refractivity contribution in [3.05, 3.63) is 12.1 Å². The lowest BCUT2D eigenvalue weighted by molar-refractivity contribution is 0.174. The molecule has 0 saturated heterocycles. The van der Waals surface area contributed by atoms with Gasteiger partial charge in [-0.15, -0.1) is 0 Å². The van der Waals surface area contributed by atoms with Crippen LogP contribution in [0.4, 0.5) is 11.4 Å². The first-order chi connectivity index (χ1) is 7.27. The quantitative estimate of drug-likeness (QED) is 0.647. The maximum atomic E-state index is 5.42. The van der Waals surface area contributed by atoms with Crippen LogP contribution < -0.4 is 14.4 Å². The van der Waals surface area contributed by atoms with Crippen molar-refractivity contribution in [2.75, 3.05) is 18.7 Å². The van der Waals surface area contributed by atoms with Crippen LogP contribution in [-0.2, 0) is 0 Å². The molecule has 1 unspecified atom stereocenters. The van der Waals surface area contributed by atoms with Gasteiger partial charge in [0.15, 0.2) is 11.5 Å². The van der Waals surface area contributed by atoms with Crippen LogP contribution in [0.25, 0.3) is 0 Å². The van der Waals surface area contributed by atoms with Crippen molar-refractivity contribution < 1.29 is 9.47 Å². The van der Waals surface area contributed by atoms with Crippen molar-refractivity contribution in [3.63, 3.8) is 0 Å². The van der Waals surface area contributed by atoms with E-state index in [0.29, 0.717) is 12.8 Å². The molecule has 0 aliphatic carbocycles. The summed E-state index contributed by atoms with van der Waals surface area (Å²) in [6.45, 7) is 2.40. The summed E-state index contributed by atoms with van der Waals surface area (Å²) in [5.74, 6) is 1.55. The Bertz CT molecular complexity index is 442. The molecule has 2 aliphatic heterocycles. The third kappa shape index (κ3) is 1.11. The average Bonchev–Trinajstić information content (AvgIpc) is 2.71. The van der Waals surface area contributed by atoms with Crippen molar-refractivity contribution in [2.24, 2.45) is 4.99 Å². The van der Waals surface area contributed by atoms with Gasteiger partial charge in [-0.05, 0) is 19.1 Å². The molecule has 15 heavy (non-hydrogen) atoms. The number of nitrogens with zero attached hydrogens (tertiary/aromatic N) is 2. The van der Waals surface area contributed by atoms with Crippen LogP contribution in [0.1, 0.15) is 6.92 Å². The van der Waals surface area contributed by atoms with Gasteiger partial charge in [0.2, 0.25) is 6.79 Å². The Balaban J connectivity index is 2.20. The van der Waals surface area contributed by atoms with Crippen molar-refractivity contribution in [3.8, 4) is 11.5 Å². The smallest absolute Gasteiger partial charge is 0.231 e. The summed E-state index contributed by atoms with van der Waals surface area (Å²) in [5, 5.41) is 0. The first-order valence-corrected chi connectivity index (χ1v) is 4.97. The van der Waals surface area contributed by atoms with Gasteiger partial charge < -0.3 is 14.4 Å². The highest BCUT2D eigenvalue weighted by Gasteiger charge is 2.25. The molecule has 0 radical (unpaired) electrons. The second-order valence-electron chi connectivity index (χ2n) is 3.80. The molecule has 0 aromatic heterocycles. The maximum absolute atomic E-state index is 5.42. The van der Waals surface area contributed by atoms with Crippen LogP contribution >= 0.6 is 0 Å². The number of hydrogen-bond acceptors (Lipinski definition) is 4. The maximum Gasteiger partial charge on any atom is 0.231 e. The zero-order valence-electron chi connectivity index (χ0n) is 8.73. The minimum atomic E-state index is 0.292. The molecule has 0 amide bonds. The minimum Gasteiger partial charge on any atom is -0.454 e. The largest absolute Gasteiger partial charge is 0.454 e. The lowest BCUT2D eigenvalue weighted by atomic mass is 10.1. The van der Waals surface area contributed by atoms with Crippen molar-refractivity contribution in [1.82, 2.24) is 0 Å². The Morgan fingerprint density at radius 1 is 1.40 bits per heavy atom. The summed E-state index contributed by atoms with van der Waals surface area (Å²) in [7, 11) is 2.05. The summed E-state index contributed by atoms with van der Waals surface area (Å²) in [5.41, 5.74) is 1.97. The molecule has 0 fully saturated rings. The number of benzene rings is 1. The molecule has 4 heteroatoms. The highest BCUT2D eigenvalue weighted by atomic mass is 16.7. The second-order valence-corrected chi connectivity index (χ2v) is 3.80. The first-order valence-electron chi connectivity index (χ1n) is 4.97. The number of fused-ring (bicyclic) bond motifs is 3. The predicted octanol–water partition coefficient (Wildman–Crippen LogP) is 1.96. The molecule has 0 saturated carbocycles. The van der Waals surface area contributed by atoms with Crippen LogP contribution in [-0.4, -0.2) is 26.1 Å². The summed E-state index contributed by atoms with van der Waals surface area (Å²) < 4.78 is 10.7. The molecule has 3 rings (SSSR count). The van der Waals surface area contributed by atoms with Crippen molar-refractivity contribution in [1.29, 1.82) is 0 Å². The standard InChI is InChI=1S/C11H12N2O2/c1-7-5-12-10-8(13(7)2)3-4-9-11(10)15-6-14-9/h3-5,7H,6H2,1-2H3. The van der Waals surface area contributed by atoms with E-state index < -0.39 is 0 Å². The number of rotatable bonds is 0. The molecule has 1 atom stereocenters. The van der Waals surface area contributed by atoms with Crippen LogP contribution in [0, 0.1) is 0 Å². The van der Waals surface area contributed by atoms with Crippen LogP contribution in [0.5, 0.6) is 11.5 Å².